The number of benzene rings is 2. The van der Waals surface area contributed by atoms with Gasteiger partial charge in [-0.15, -0.1) is 5.10 Å². The standard InChI is InChI=1S/C20H19FN4O/c1-13-22-19(24-25(13)17-11-9-16(21)10-12-17)20(26)23-18(15-7-8-15)14-5-3-2-4-6-14/h2-6,9-12,15,18H,7-8H2,1H3,(H,23,26). The van der Waals surface area contributed by atoms with E-state index in [1.54, 1.807) is 23.7 Å². The molecule has 1 unspecified atom stereocenters. The molecule has 5 nitrogen and oxygen atoms in total. The van der Waals surface area contributed by atoms with Crippen molar-refractivity contribution in [2.75, 3.05) is 0 Å². The monoisotopic (exact) mass is 350 g/mol. The summed E-state index contributed by atoms with van der Waals surface area (Å²) < 4.78 is 14.7. The van der Waals surface area contributed by atoms with E-state index >= 15 is 0 Å². The molecule has 2 aromatic carbocycles. The Balaban J connectivity index is 1.56. The third kappa shape index (κ3) is 3.35. The van der Waals surface area contributed by atoms with Crippen molar-refractivity contribution in [2.45, 2.75) is 25.8 Å². The van der Waals surface area contributed by atoms with Gasteiger partial charge in [0.25, 0.3) is 5.91 Å². The van der Waals surface area contributed by atoms with Crippen molar-refractivity contribution in [2.24, 2.45) is 5.92 Å². The summed E-state index contributed by atoms with van der Waals surface area (Å²) in [7, 11) is 0. The molecule has 132 valence electrons. The first-order chi connectivity index (χ1) is 12.6. The van der Waals surface area contributed by atoms with Gasteiger partial charge in [-0.25, -0.2) is 14.1 Å². The van der Waals surface area contributed by atoms with E-state index in [9.17, 15) is 9.18 Å². The van der Waals surface area contributed by atoms with Crippen molar-refractivity contribution in [3.63, 3.8) is 0 Å². The summed E-state index contributed by atoms with van der Waals surface area (Å²) in [6.45, 7) is 1.77. The van der Waals surface area contributed by atoms with Gasteiger partial charge in [-0.1, -0.05) is 30.3 Å². The number of aryl methyl sites for hydroxylation is 1. The van der Waals surface area contributed by atoms with Crippen molar-refractivity contribution >= 4 is 5.91 Å². The minimum Gasteiger partial charge on any atom is -0.342 e. The molecule has 6 heteroatoms. The van der Waals surface area contributed by atoms with Crippen LogP contribution in [0.4, 0.5) is 4.39 Å². The minimum absolute atomic E-state index is 0.0261. The molecule has 0 bridgehead atoms. The van der Waals surface area contributed by atoms with Crippen LogP contribution in [0.2, 0.25) is 0 Å². The Hall–Kier alpha value is -3.02. The summed E-state index contributed by atoms with van der Waals surface area (Å²) in [6.07, 6.45) is 2.21. The van der Waals surface area contributed by atoms with E-state index in [2.05, 4.69) is 15.4 Å². The maximum Gasteiger partial charge on any atom is 0.291 e. The molecule has 1 aliphatic carbocycles. The van der Waals surface area contributed by atoms with Crippen LogP contribution >= 0.6 is 0 Å². The minimum atomic E-state index is -0.320. The van der Waals surface area contributed by atoms with Crippen LogP contribution in [0, 0.1) is 18.7 Å². The molecule has 0 saturated heterocycles. The summed E-state index contributed by atoms with van der Waals surface area (Å²) in [5.74, 6) is 0.536. The molecule has 0 spiro atoms. The van der Waals surface area contributed by atoms with E-state index in [0.717, 1.165) is 18.4 Å². The summed E-state index contributed by atoms with van der Waals surface area (Å²) in [6, 6.07) is 15.9. The lowest BCUT2D eigenvalue weighted by Gasteiger charge is -2.17. The maximum atomic E-state index is 13.1. The van der Waals surface area contributed by atoms with Gasteiger partial charge >= 0.3 is 0 Å². The summed E-state index contributed by atoms with van der Waals surface area (Å²) in [5, 5.41) is 7.38. The Morgan fingerprint density at radius 2 is 1.85 bits per heavy atom. The van der Waals surface area contributed by atoms with E-state index in [-0.39, 0.29) is 23.6 Å². The lowest BCUT2D eigenvalue weighted by molar-refractivity contribution is 0.0921. The fourth-order valence-electron chi connectivity index (χ4n) is 3.08. The molecule has 0 radical (unpaired) electrons. The SMILES string of the molecule is Cc1nc(C(=O)NC(c2ccccc2)C2CC2)nn1-c1ccc(F)cc1. The van der Waals surface area contributed by atoms with Gasteiger partial charge in [0.15, 0.2) is 0 Å². The number of amides is 1. The highest BCUT2D eigenvalue weighted by Gasteiger charge is 2.34. The third-order valence-electron chi connectivity index (χ3n) is 4.58. The van der Waals surface area contributed by atoms with Crippen molar-refractivity contribution in [1.29, 1.82) is 0 Å². The summed E-state index contributed by atoms with van der Waals surface area (Å²) >= 11 is 0. The molecule has 1 aliphatic rings. The van der Waals surface area contributed by atoms with E-state index in [1.165, 1.54) is 12.1 Å². The van der Waals surface area contributed by atoms with Gasteiger partial charge in [0.05, 0.1) is 11.7 Å². The van der Waals surface area contributed by atoms with E-state index in [1.807, 2.05) is 30.3 Å². The van der Waals surface area contributed by atoms with Crippen LogP contribution in [-0.2, 0) is 0 Å². The van der Waals surface area contributed by atoms with Crippen molar-refractivity contribution in [3.8, 4) is 5.69 Å². The molecule has 1 fully saturated rings. The molecular formula is C20H19FN4O. The highest BCUT2D eigenvalue weighted by atomic mass is 19.1. The number of carbonyl (C=O) groups is 1. The summed E-state index contributed by atoms with van der Waals surface area (Å²) in [4.78, 5) is 17.0. The van der Waals surface area contributed by atoms with Crippen LogP contribution in [0.25, 0.3) is 5.69 Å². The van der Waals surface area contributed by atoms with Gasteiger partial charge in [0, 0.05) is 0 Å². The Morgan fingerprint density at radius 1 is 1.15 bits per heavy atom. The van der Waals surface area contributed by atoms with Gasteiger partial charge in [-0.2, -0.15) is 0 Å². The number of aromatic nitrogens is 3. The smallest absolute Gasteiger partial charge is 0.291 e. The molecule has 1 atom stereocenters. The molecular weight excluding hydrogens is 331 g/mol. The highest BCUT2D eigenvalue weighted by molar-refractivity contribution is 5.90. The Kier molecular flexibility index (Phi) is 4.24. The molecule has 26 heavy (non-hydrogen) atoms. The van der Waals surface area contributed by atoms with Gasteiger partial charge < -0.3 is 5.32 Å². The number of hydrogen-bond donors (Lipinski definition) is 1. The predicted molar refractivity (Wildman–Crippen MR) is 95.4 cm³/mol. The van der Waals surface area contributed by atoms with Crippen molar-refractivity contribution < 1.29 is 9.18 Å². The van der Waals surface area contributed by atoms with Crippen LogP contribution < -0.4 is 5.32 Å². The fraction of sp³-hybridized carbons (Fsp3) is 0.250. The molecule has 1 amide bonds. The maximum absolute atomic E-state index is 13.1. The van der Waals surface area contributed by atoms with E-state index in [4.69, 9.17) is 0 Å². The lowest BCUT2D eigenvalue weighted by Crippen LogP contribution is -2.30. The van der Waals surface area contributed by atoms with Gasteiger partial charge in [-0.05, 0) is 55.5 Å². The number of halogens is 1. The molecule has 1 N–H and O–H groups in total. The molecule has 0 aliphatic heterocycles. The van der Waals surface area contributed by atoms with E-state index in [0.29, 0.717) is 17.4 Å². The zero-order valence-corrected chi connectivity index (χ0v) is 14.4. The van der Waals surface area contributed by atoms with Crippen LogP contribution in [0.1, 0.15) is 40.9 Å². The van der Waals surface area contributed by atoms with Gasteiger partial charge in [-0.3, -0.25) is 4.79 Å². The molecule has 1 heterocycles. The van der Waals surface area contributed by atoms with Crippen LogP contribution in [0.3, 0.4) is 0 Å². The first kappa shape index (κ1) is 16.4. The number of nitrogens with zero attached hydrogens (tertiary/aromatic N) is 3. The number of nitrogens with one attached hydrogen (secondary N) is 1. The Labute approximate surface area is 150 Å². The topological polar surface area (TPSA) is 59.8 Å². The third-order valence-corrected chi connectivity index (χ3v) is 4.58. The number of hydrogen-bond acceptors (Lipinski definition) is 3. The first-order valence-corrected chi connectivity index (χ1v) is 8.67. The van der Waals surface area contributed by atoms with Crippen LogP contribution in [0.5, 0.6) is 0 Å². The largest absolute Gasteiger partial charge is 0.342 e. The highest BCUT2D eigenvalue weighted by Crippen LogP contribution is 2.41. The first-order valence-electron chi connectivity index (χ1n) is 8.67. The second-order valence-electron chi connectivity index (χ2n) is 6.57. The van der Waals surface area contributed by atoms with E-state index < -0.39 is 0 Å². The predicted octanol–water partition coefficient (Wildman–Crippen LogP) is 3.60. The van der Waals surface area contributed by atoms with Crippen molar-refractivity contribution in [3.05, 3.63) is 77.6 Å². The summed E-state index contributed by atoms with van der Waals surface area (Å²) in [5.41, 5.74) is 1.76. The van der Waals surface area contributed by atoms with Crippen LogP contribution in [-0.4, -0.2) is 20.7 Å². The van der Waals surface area contributed by atoms with Gasteiger partial charge in [0.2, 0.25) is 5.82 Å². The zero-order chi connectivity index (χ0) is 18.1. The average molecular weight is 350 g/mol. The molecule has 1 aromatic heterocycles. The van der Waals surface area contributed by atoms with Gasteiger partial charge in [0.1, 0.15) is 11.6 Å². The lowest BCUT2D eigenvalue weighted by atomic mass is 10.0. The molecule has 1 saturated carbocycles. The molecule has 4 rings (SSSR count). The average Bonchev–Trinajstić information content (AvgIpc) is 3.42. The Morgan fingerprint density at radius 3 is 2.50 bits per heavy atom. The number of rotatable bonds is 5. The van der Waals surface area contributed by atoms with Crippen LogP contribution in [0.15, 0.2) is 54.6 Å². The quantitative estimate of drug-likeness (QED) is 0.765. The molecule has 3 aromatic rings. The number of carbonyl (C=O) groups excluding carboxylic acids is 1. The Bertz CT molecular complexity index is 917. The fourth-order valence-corrected chi connectivity index (χ4v) is 3.08. The normalized spacial score (nSPS) is 14.8. The second kappa shape index (κ2) is 6.71. The van der Waals surface area contributed by atoms with Crippen molar-refractivity contribution in [1.82, 2.24) is 20.1 Å². The second-order valence-corrected chi connectivity index (χ2v) is 6.57. The zero-order valence-electron chi connectivity index (χ0n) is 14.4.